The first kappa shape index (κ1) is 20.0. The minimum Gasteiger partial charge on any atom is -0.506 e. The molecule has 0 bridgehead atoms. The van der Waals surface area contributed by atoms with Crippen molar-refractivity contribution >= 4 is 27.5 Å². The SMILES string of the molecule is Cc1c(F)c(F)c(F)c(-c2cc(NC(=O)C(F)(F)Br)c(O)cc2F)c1F. The monoisotopic (exact) mass is 445 g/mol. The van der Waals surface area contributed by atoms with Crippen LogP contribution < -0.4 is 5.32 Å². The average molecular weight is 446 g/mol. The van der Waals surface area contributed by atoms with Crippen LogP contribution >= 0.6 is 15.9 Å². The fraction of sp³-hybridized carbons (Fsp3) is 0.133. The van der Waals surface area contributed by atoms with Crippen molar-refractivity contribution in [1.82, 2.24) is 0 Å². The third kappa shape index (κ3) is 3.48. The van der Waals surface area contributed by atoms with Gasteiger partial charge in [0.2, 0.25) is 0 Å². The van der Waals surface area contributed by atoms with Gasteiger partial charge in [-0.15, -0.1) is 0 Å². The topological polar surface area (TPSA) is 49.3 Å². The number of carbonyl (C=O) groups excluding carboxylic acids is 1. The van der Waals surface area contributed by atoms with Gasteiger partial charge in [0.15, 0.2) is 17.5 Å². The molecule has 0 aromatic heterocycles. The van der Waals surface area contributed by atoms with Gasteiger partial charge in [0, 0.05) is 33.1 Å². The van der Waals surface area contributed by atoms with E-state index in [1.54, 1.807) is 15.9 Å². The molecule has 0 radical (unpaired) electrons. The smallest absolute Gasteiger partial charge is 0.378 e. The molecule has 11 heteroatoms. The van der Waals surface area contributed by atoms with Crippen molar-refractivity contribution < 1.29 is 40.6 Å². The molecular weight excluding hydrogens is 439 g/mol. The molecule has 0 fully saturated rings. The first-order valence-corrected chi connectivity index (χ1v) is 7.39. The lowest BCUT2D eigenvalue weighted by molar-refractivity contribution is -0.128. The maximum Gasteiger partial charge on any atom is 0.378 e. The van der Waals surface area contributed by atoms with Gasteiger partial charge in [0.1, 0.15) is 17.4 Å². The van der Waals surface area contributed by atoms with E-state index in [4.69, 9.17) is 0 Å². The number of alkyl halides is 3. The molecule has 0 saturated heterocycles. The molecule has 2 aromatic rings. The van der Waals surface area contributed by atoms with Gasteiger partial charge in [-0.05, 0) is 13.0 Å². The maximum absolute atomic E-state index is 14.2. The molecular formula is C15H7BrF7NO2. The molecule has 0 spiro atoms. The lowest BCUT2D eigenvalue weighted by Crippen LogP contribution is -2.28. The maximum atomic E-state index is 14.2. The van der Waals surface area contributed by atoms with Crippen LogP contribution in [0.5, 0.6) is 5.75 Å². The fourth-order valence-electron chi connectivity index (χ4n) is 2.04. The third-order valence-electron chi connectivity index (χ3n) is 3.34. The number of phenols is 1. The quantitative estimate of drug-likeness (QED) is 0.230. The summed E-state index contributed by atoms with van der Waals surface area (Å²) in [5.74, 6) is -12.1. The molecule has 0 aliphatic heterocycles. The van der Waals surface area contributed by atoms with Crippen LogP contribution in [-0.2, 0) is 4.79 Å². The molecule has 2 aromatic carbocycles. The highest BCUT2D eigenvalue weighted by Crippen LogP contribution is 2.38. The van der Waals surface area contributed by atoms with Crippen LogP contribution in [0, 0.1) is 36.0 Å². The highest BCUT2D eigenvalue weighted by molar-refractivity contribution is 9.10. The molecule has 0 saturated carbocycles. The number of phenolic OH excluding ortho intramolecular Hbond substituents is 1. The summed E-state index contributed by atoms with van der Waals surface area (Å²) in [6.45, 7) is 0.767. The van der Waals surface area contributed by atoms with Crippen molar-refractivity contribution in [2.75, 3.05) is 5.32 Å². The molecule has 0 heterocycles. The van der Waals surface area contributed by atoms with Crippen LogP contribution in [0.25, 0.3) is 11.1 Å². The molecule has 3 nitrogen and oxygen atoms in total. The van der Waals surface area contributed by atoms with Crippen LogP contribution in [0.3, 0.4) is 0 Å². The molecule has 2 N–H and O–H groups in total. The lowest BCUT2D eigenvalue weighted by atomic mass is 9.99. The highest BCUT2D eigenvalue weighted by Gasteiger charge is 2.36. The number of halogens is 8. The second-order valence-corrected chi connectivity index (χ2v) is 6.05. The number of nitrogens with one attached hydrogen (secondary N) is 1. The van der Waals surface area contributed by atoms with Gasteiger partial charge < -0.3 is 10.4 Å². The van der Waals surface area contributed by atoms with Crippen LogP contribution in [0.15, 0.2) is 12.1 Å². The number of benzene rings is 2. The van der Waals surface area contributed by atoms with Crippen molar-refractivity contribution in [3.63, 3.8) is 0 Å². The fourth-order valence-corrected chi connectivity index (χ4v) is 2.13. The highest BCUT2D eigenvalue weighted by atomic mass is 79.9. The minimum absolute atomic E-state index is 0.257. The van der Waals surface area contributed by atoms with Crippen LogP contribution in [-0.4, -0.2) is 15.8 Å². The van der Waals surface area contributed by atoms with E-state index in [9.17, 15) is 40.6 Å². The van der Waals surface area contributed by atoms with E-state index in [-0.39, 0.29) is 6.07 Å². The second-order valence-electron chi connectivity index (χ2n) is 5.06. The van der Waals surface area contributed by atoms with Crippen LogP contribution in [0.1, 0.15) is 5.56 Å². The lowest BCUT2D eigenvalue weighted by Gasteiger charge is -2.15. The van der Waals surface area contributed by atoms with Gasteiger partial charge in [0.25, 0.3) is 0 Å². The summed E-state index contributed by atoms with van der Waals surface area (Å²) in [5.41, 5.74) is -4.16. The molecule has 140 valence electrons. The first-order valence-electron chi connectivity index (χ1n) is 6.59. The Morgan fingerprint density at radius 1 is 1.04 bits per heavy atom. The largest absolute Gasteiger partial charge is 0.506 e. The predicted octanol–water partition coefficient (Wildman–Crippen LogP) is 4.99. The van der Waals surface area contributed by atoms with Gasteiger partial charge in [0.05, 0.1) is 11.3 Å². The van der Waals surface area contributed by atoms with E-state index in [1.165, 1.54) is 5.32 Å². The summed E-state index contributed by atoms with van der Waals surface area (Å²) in [7, 11) is 0. The third-order valence-corrected chi connectivity index (χ3v) is 3.70. The zero-order valence-electron chi connectivity index (χ0n) is 12.5. The van der Waals surface area contributed by atoms with E-state index < -0.39 is 68.0 Å². The average Bonchev–Trinajstić information content (AvgIpc) is 2.54. The van der Waals surface area contributed by atoms with Crippen molar-refractivity contribution in [1.29, 1.82) is 0 Å². The van der Waals surface area contributed by atoms with E-state index in [0.29, 0.717) is 6.07 Å². The Bertz CT molecular complexity index is 883. The number of hydrogen-bond donors (Lipinski definition) is 2. The Morgan fingerprint density at radius 3 is 2.15 bits per heavy atom. The van der Waals surface area contributed by atoms with Gasteiger partial charge in [-0.1, -0.05) is 0 Å². The summed E-state index contributed by atoms with van der Waals surface area (Å²) in [6.07, 6.45) is 0. The van der Waals surface area contributed by atoms with Crippen molar-refractivity contribution in [3.05, 3.63) is 46.8 Å². The molecule has 2 rings (SSSR count). The Kier molecular flexibility index (Phi) is 5.22. The van der Waals surface area contributed by atoms with Gasteiger partial charge >= 0.3 is 10.7 Å². The molecule has 0 aliphatic carbocycles. The van der Waals surface area contributed by atoms with Crippen LogP contribution in [0.4, 0.5) is 36.4 Å². The van der Waals surface area contributed by atoms with Gasteiger partial charge in [-0.25, -0.2) is 22.0 Å². The number of hydrogen-bond acceptors (Lipinski definition) is 2. The zero-order chi connectivity index (χ0) is 20.0. The molecule has 0 unspecified atom stereocenters. The van der Waals surface area contributed by atoms with Gasteiger partial charge in [-0.2, -0.15) is 8.78 Å². The van der Waals surface area contributed by atoms with E-state index in [1.807, 2.05) is 0 Å². The number of anilines is 1. The standard InChI is InChI=1S/C15H7BrF7NO2/c1-4-10(18)9(12(20)13(21)11(4)19)5-2-7(8(25)3-6(5)17)24-14(26)15(16,22)23/h2-3,25H,1H3,(H,24,26). The van der Waals surface area contributed by atoms with Crippen molar-refractivity contribution in [3.8, 4) is 16.9 Å². The number of aromatic hydroxyl groups is 1. The second kappa shape index (κ2) is 6.78. The van der Waals surface area contributed by atoms with E-state index in [0.717, 1.165) is 6.92 Å². The molecule has 0 aliphatic rings. The number of amides is 1. The minimum atomic E-state index is -4.07. The normalized spacial score (nSPS) is 11.6. The summed E-state index contributed by atoms with van der Waals surface area (Å²) in [5, 5.41) is 11.0. The van der Waals surface area contributed by atoms with Crippen molar-refractivity contribution in [2.45, 2.75) is 11.8 Å². The molecule has 26 heavy (non-hydrogen) atoms. The molecule has 1 amide bonds. The Morgan fingerprint density at radius 2 is 1.62 bits per heavy atom. The van der Waals surface area contributed by atoms with Gasteiger partial charge in [-0.3, -0.25) is 4.79 Å². The summed E-state index contributed by atoms with van der Waals surface area (Å²) >= 11 is 1.74. The van der Waals surface area contributed by atoms with E-state index in [2.05, 4.69) is 0 Å². The van der Waals surface area contributed by atoms with Crippen LogP contribution in [0.2, 0.25) is 0 Å². The summed E-state index contributed by atoms with van der Waals surface area (Å²) in [6, 6.07) is 0.659. The number of carbonyl (C=O) groups is 1. The number of rotatable bonds is 3. The molecule has 0 atom stereocenters. The Balaban J connectivity index is 2.70. The Hall–Kier alpha value is -2.30. The first-order chi connectivity index (χ1) is 11.9. The summed E-state index contributed by atoms with van der Waals surface area (Å²) in [4.78, 5) is 7.17. The zero-order valence-corrected chi connectivity index (χ0v) is 14.1. The predicted molar refractivity (Wildman–Crippen MR) is 80.6 cm³/mol. The Labute approximate surface area is 149 Å². The van der Waals surface area contributed by atoms with Crippen molar-refractivity contribution in [2.24, 2.45) is 0 Å². The van der Waals surface area contributed by atoms with E-state index >= 15 is 0 Å². The summed E-state index contributed by atoms with van der Waals surface area (Å²) < 4.78 is 94.7.